The molecule has 0 aliphatic heterocycles. The maximum atomic E-state index is 5.66. The molecule has 2 rings (SSSR count). The molecule has 0 bridgehead atoms. The second kappa shape index (κ2) is 2.49. The third-order valence-corrected chi connectivity index (χ3v) is 2.66. The lowest BCUT2D eigenvalue weighted by Crippen LogP contribution is -1.95. The lowest BCUT2D eigenvalue weighted by Gasteiger charge is -1.94. The van der Waals surface area contributed by atoms with E-state index in [9.17, 15) is 0 Å². The first-order valence-electron chi connectivity index (χ1n) is 3.30. The molecular formula is C6H6N4S2. The number of aromatic amines is 1. The van der Waals surface area contributed by atoms with E-state index in [0.29, 0.717) is 15.6 Å². The highest BCUT2D eigenvalue weighted by Crippen LogP contribution is 2.22. The summed E-state index contributed by atoms with van der Waals surface area (Å²) in [5.41, 5.74) is 6.39. The summed E-state index contributed by atoms with van der Waals surface area (Å²) in [6.45, 7) is 1.80. The molecule has 3 N–H and O–H groups in total. The van der Waals surface area contributed by atoms with Gasteiger partial charge in [-0.05, 0) is 19.1 Å². The maximum absolute atomic E-state index is 5.66. The summed E-state index contributed by atoms with van der Waals surface area (Å²) in [6, 6.07) is 0. The number of nitrogens with two attached hydrogens (primary N) is 1. The molecule has 0 radical (unpaired) electrons. The molecule has 0 saturated heterocycles. The van der Waals surface area contributed by atoms with E-state index in [2.05, 4.69) is 15.0 Å². The normalized spacial score (nSPS) is 10.8. The van der Waals surface area contributed by atoms with Crippen molar-refractivity contribution >= 4 is 39.7 Å². The van der Waals surface area contributed by atoms with Crippen LogP contribution in [0.4, 0.5) is 5.82 Å². The van der Waals surface area contributed by atoms with Gasteiger partial charge in [0.05, 0.1) is 0 Å². The van der Waals surface area contributed by atoms with Crippen molar-refractivity contribution in [3.8, 4) is 0 Å². The van der Waals surface area contributed by atoms with Crippen LogP contribution in [0.1, 0.15) is 5.82 Å². The molecule has 6 heteroatoms. The number of nitrogens with one attached hydrogen (secondary N) is 1. The van der Waals surface area contributed by atoms with Crippen molar-refractivity contribution in [3.63, 3.8) is 0 Å². The van der Waals surface area contributed by atoms with E-state index < -0.39 is 0 Å². The Balaban J connectivity index is 2.97. The zero-order valence-corrected chi connectivity index (χ0v) is 7.92. The number of fused-ring (bicyclic) bond motifs is 1. The predicted molar refractivity (Wildman–Crippen MR) is 51.7 cm³/mol. The highest BCUT2D eigenvalue weighted by molar-refractivity contribution is 7.73. The van der Waals surface area contributed by atoms with Gasteiger partial charge in [-0.3, -0.25) is 0 Å². The van der Waals surface area contributed by atoms with Crippen LogP contribution in [0.15, 0.2) is 0 Å². The molecular weight excluding hydrogens is 192 g/mol. The molecule has 0 spiro atoms. The van der Waals surface area contributed by atoms with Gasteiger partial charge in [0, 0.05) is 0 Å². The molecule has 0 aromatic carbocycles. The number of nitrogens with zero attached hydrogens (tertiary/aromatic N) is 2. The third kappa shape index (κ3) is 1.09. The van der Waals surface area contributed by atoms with Crippen LogP contribution in [0.5, 0.6) is 0 Å². The van der Waals surface area contributed by atoms with E-state index in [4.69, 9.17) is 18.0 Å². The molecule has 0 unspecified atom stereocenters. The van der Waals surface area contributed by atoms with Crippen LogP contribution < -0.4 is 5.73 Å². The van der Waals surface area contributed by atoms with Gasteiger partial charge < -0.3 is 10.7 Å². The molecule has 0 amide bonds. The molecule has 2 aromatic rings. The number of rotatable bonds is 0. The number of nitrogen functional groups attached to an aromatic ring is 1. The number of hydrogen-bond donors (Lipinski definition) is 2. The number of aromatic nitrogens is 3. The van der Waals surface area contributed by atoms with E-state index >= 15 is 0 Å². The van der Waals surface area contributed by atoms with Crippen LogP contribution >= 0.6 is 23.6 Å². The topological polar surface area (TPSA) is 67.6 Å². The zero-order valence-electron chi connectivity index (χ0n) is 6.29. The average molecular weight is 198 g/mol. The highest BCUT2D eigenvalue weighted by atomic mass is 32.1. The minimum atomic E-state index is 0.495. The summed E-state index contributed by atoms with van der Waals surface area (Å²) in [5.74, 6) is 1.15. The summed E-state index contributed by atoms with van der Waals surface area (Å²) in [7, 11) is 0. The van der Waals surface area contributed by atoms with Crippen molar-refractivity contribution in [2.24, 2.45) is 0 Å². The van der Waals surface area contributed by atoms with Crippen molar-refractivity contribution in [2.45, 2.75) is 6.92 Å². The van der Waals surface area contributed by atoms with E-state index in [1.807, 2.05) is 0 Å². The van der Waals surface area contributed by atoms with Gasteiger partial charge in [0.15, 0.2) is 9.60 Å². The zero-order chi connectivity index (χ0) is 8.72. The number of aryl methyl sites for hydroxylation is 1. The fraction of sp³-hybridized carbons (Fsp3) is 0.167. The average Bonchev–Trinajstić information content (AvgIpc) is 2.29. The molecule has 12 heavy (non-hydrogen) atoms. The lowest BCUT2D eigenvalue weighted by atomic mass is 10.5. The Labute approximate surface area is 77.5 Å². The number of anilines is 1. The van der Waals surface area contributed by atoms with E-state index in [-0.39, 0.29) is 0 Å². The van der Waals surface area contributed by atoms with Gasteiger partial charge in [0.25, 0.3) is 0 Å². The minimum Gasteiger partial charge on any atom is -0.382 e. The Morgan fingerprint density at radius 3 is 3.00 bits per heavy atom. The summed E-state index contributed by atoms with van der Waals surface area (Å²) in [5, 5.41) is 0. The molecule has 0 aliphatic rings. The quantitative estimate of drug-likeness (QED) is 0.631. The first kappa shape index (κ1) is 7.63. The summed E-state index contributed by atoms with van der Waals surface area (Å²) in [6.07, 6.45) is 0. The lowest BCUT2D eigenvalue weighted by molar-refractivity contribution is 1.09. The maximum Gasteiger partial charge on any atom is 0.160 e. The Hall–Kier alpha value is -1.01. The molecule has 0 fully saturated rings. The second-order valence-corrected chi connectivity index (χ2v) is 4.04. The monoisotopic (exact) mass is 198 g/mol. The number of hydrogen-bond acceptors (Lipinski definition) is 5. The fourth-order valence-corrected chi connectivity index (χ4v) is 2.01. The first-order valence-corrected chi connectivity index (χ1v) is 4.52. The number of thiazole rings is 1. The molecule has 62 valence electrons. The van der Waals surface area contributed by atoms with Crippen LogP contribution in [0.25, 0.3) is 10.3 Å². The molecule has 2 aromatic heterocycles. The second-order valence-electron chi connectivity index (χ2n) is 2.35. The van der Waals surface area contributed by atoms with Crippen LogP contribution in [0, 0.1) is 10.9 Å². The van der Waals surface area contributed by atoms with Gasteiger partial charge in [0.1, 0.15) is 16.3 Å². The van der Waals surface area contributed by atoms with Crippen molar-refractivity contribution in [1.29, 1.82) is 0 Å². The smallest absolute Gasteiger partial charge is 0.160 e. The van der Waals surface area contributed by atoms with Crippen LogP contribution in [-0.4, -0.2) is 15.0 Å². The molecule has 2 heterocycles. The first-order chi connectivity index (χ1) is 5.66. The molecule has 0 saturated carbocycles. The SMILES string of the molecule is Cc1nc(N)c2sc(=S)[nH]c2n1. The van der Waals surface area contributed by atoms with Crippen molar-refractivity contribution < 1.29 is 0 Å². The fourth-order valence-electron chi connectivity index (χ4n) is 0.984. The Morgan fingerprint density at radius 1 is 1.50 bits per heavy atom. The van der Waals surface area contributed by atoms with Gasteiger partial charge in [-0.25, -0.2) is 9.97 Å². The van der Waals surface area contributed by atoms with Gasteiger partial charge >= 0.3 is 0 Å². The summed E-state index contributed by atoms with van der Waals surface area (Å²) >= 11 is 6.35. The minimum absolute atomic E-state index is 0.495. The summed E-state index contributed by atoms with van der Waals surface area (Å²) in [4.78, 5) is 11.1. The molecule has 0 aliphatic carbocycles. The largest absolute Gasteiger partial charge is 0.382 e. The van der Waals surface area contributed by atoms with Crippen molar-refractivity contribution in [3.05, 3.63) is 9.78 Å². The van der Waals surface area contributed by atoms with Crippen LogP contribution in [0.2, 0.25) is 0 Å². The van der Waals surface area contributed by atoms with E-state index in [0.717, 1.165) is 10.3 Å². The Kier molecular flexibility index (Phi) is 1.59. The Bertz CT molecular complexity index is 484. The molecule has 4 nitrogen and oxygen atoms in total. The van der Waals surface area contributed by atoms with E-state index in [1.165, 1.54) is 11.3 Å². The number of H-pyrrole nitrogens is 1. The van der Waals surface area contributed by atoms with Crippen LogP contribution in [-0.2, 0) is 0 Å². The van der Waals surface area contributed by atoms with Gasteiger partial charge in [-0.2, -0.15) is 0 Å². The standard InChI is InChI=1S/C6H6N4S2/c1-2-8-4(7)3-5(9-2)10-6(11)12-3/h1H3,(H3,7,8,9,10,11). The Morgan fingerprint density at radius 2 is 2.25 bits per heavy atom. The van der Waals surface area contributed by atoms with Gasteiger partial charge in [0.2, 0.25) is 0 Å². The van der Waals surface area contributed by atoms with Crippen molar-refractivity contribution in [1.82, 2.24) is 15.0 Å². The van der Waals surface area contributed by atoms with Gasteiger partial charge in [-0.1, -0.05) is 11.3 Å². The highest BCUT2D eigenvalue weighted by Gasteiger charge is 2.04. The van der Waals surface area contributed by atoms with Crippen LogP contribution in [0.3, 0.4) is 0 Å². The van der Waals surface area contributed by atoms with Crippen molar-refractivity contribution in [2.75, 3.05) is 5.73 Å². The summed E-state index contributed by atoms with van der Waals surface area (Å²) < 4.78 is 1.52. The third-order valence-electron chi connectivity index (χ3n) is 1.42. The van der Waals surface area contributed by atoms with Gasteiger partial charge in [-0.15, -0.1) is 0 Å². The predicted octanol–water partition coefficient (Wildman–Crippen LogP) is 1.64. The van der Waals surface area contributed by atoms with E-state index in [1.54, 1.807) is 6.92 Å². The molecule has 0 atom stereocenters.